The van der Waals surface area contributed by atoms with Crippen LogP contribution in [0.4, 0.5) is 10.1 Å². The summed E-state index contributed by atoms with van der Waals surface area (Å²) in [5.41, 5.74) is 2.63. The molecule has 37 heavy (non-hydrogen) atoms. The molecule has 0 unspecified atom stereocenters. The molecule has 0 atom stereocenters. The first-order chi connectivity index (χ1) is 18.0. The van der Waals surface area contributed by atoms with Crippen LogP contribution < -0.4 is 20.1 Å². The summed E-state index contributed by atoms with van der Waals surface area (Å²) in [6, 6.07) is 12.9. The number of rotatable bonds is 8. The molecule has 1 aromatic heterocycles. The third-order valence-electron chi connectivity index (χ3n) is 5.93. The highest BCUT2D eigenvalue weighted by Crippen LogP contribution is 2.43. The minimum Gasteiger partial charge on any atom is -0.491 e. The van der Waals surface area contributed by atoms with E-state index in [0.717, 1.165) is 17.0 Å². The molecule has 3 heterocycles. The van der Waals surface area contributed by atoms with Gasteiger partial charge in [-0.05, 0) is 42.0 Å². The number of anilines is 1. The third kappa shape index (κ3) is 5.13. The monoisotopic (exact) mass is 501 g/mol. The molecule has 3 aromatic rings. The predicted octanol–water partition coefficient (Wildman–Crippen LogP) is 3.14. The molecule has 2 aliphatic rings. The number of nitrogens with zero attached hydrogens (tertiary/aromatic N) is 3. The molecule has 188 valence electrons. The summed E-state index contributed by atoms with van der Waals surface area (Å²) < 4.78 is 24.5. The van der Waals surface area contributed by atoms with Crippen molar-refractivity contribution in [1.29, 1.82) is 0 Å². The Labute approximate surface area is 212 Å². The van der Waals surface area contributed by atoms with Crippen molar-refractivity contribution in [2.45, 2.75) is 6.54 Å². The van der Waals surface area contributed by atoms with Crippen molar-refractivity contribution in [3.05, 3.63) is 95.3 Å². The van der Waals surface area contributed by atoms with E-state index in [4.69, 9.17) is 9.47 Å². The first-order valence-electron chi connectivity index (χ1n) is 11.6. The Hall–Kier alpha value is -4.73. The molecule has 1 amide bonds. The average molecular weight is 502 g/mol. The number of methoxy groups -OCH3 is 1. The molecule has 0 saturated carbocycles. The third-order valence-corrected chi connectivity index (χ3v) is 5.93. The fourth-order valence-electron chi connectivity index (χ4n) is 4.13. The number of aliphatic imine (C=N–C) groups is 1. The lowest BCUT2D eigenvalue weighted by molar-refractivity contribution is -0.123. The number of ether oxygens (including phenoxy) is 2. The van der Waals surface area contributed by atoms with Gasteiger partial charge < -0.3 is 25.0 Å². The maximum Gasteiger partial charge on any atom is 0.258 e. The molecule has 2 N–H and O–H groups in total. The van der Waals surface area contributed by atoms with Gasteiger partial charge in [-0.15, -0.1) is 0 Å². The predicted molar refractivity (Wildman–Crippen MR) is 135 cm³/mol. The van der Waals surface area contributed by atoms with Crippen molar-refractivity contribution in [2.24, 2.45) is 4.99 Å². The Balaban J connectivity index is 1.34. The van der Waals surface area contributed by atoms with E-state index in [9.17, 15) is 14.0 Å². The van der Waals surface area contributed by atoms with E-state index in [0.29, 0.717) is 41.7 Å². The number of amidine groups is 1. The number of allylic oxidation sites excluding steroid dienone is 1. The van der Waals surface area contributed by atoms with Gasteiger partial charge in [0.05, 0.1) is 19.3 Å². The number of carbonyl (C=O) groups is 2. The van der Waals surface area contributed by atoms with Crippen LogP contribution in [0.5, 0.6) is 11.5 Å². The molecular formula is C27H24FN5O4. The van der Waals surface area contributed by atoms with Gasteiger partial charge in [-0.25, -0.2) is 4.39 Å². The molecule has 0 radical (unpaired) electrons. The quantitative estimate of drug-likeness (QED) is 0.361. The van der Waals surface area contributed by atoms with Crippen LogP contribution in [0.25, 0.3) is 0 Å². The molecule has 10 heteroatoms. The highest BCUT2D eigenvalue weighted by atomic mass is 19.1. The molecule has 2 aromatic carbocycles. The van der Waals surface area contributed by atoms with Crippen molar-refractivity contribution in [2.75, 3.05) is 32.1 Å². The minimum absolute atomic E-state index is 0.200. The summed E-state index contributed by atoms with van der Waals surface area (Å²) in [7, 11) is 1.51. The summed E-state index contributed by atoms with van der Waals surface area (Å²) in [6.45, 7) is 1.22. The number of halogens is 1. The molecule has 0 bridgehead atoms. The molecule has 0 saturated heterocycles. The Bertz CT molecular complexity index is 1390. The topological polar surface area (TPSA) is 105 Å². The first-order valence-corrected chi connectivity index (χ1v) is 11.6. The average Bonchev–Trinajstić information content (AvgIpc) is 3.42. The highest BCUT2D eigenvalue weighted by molar-refractivity contribution is 6.11. The maximum absolute atomic E-state index is 13.1. The Morgan fingerprint density at radius 2 is 2.03 bits per heavy atom. The second-order valence-corrected chi connectivity index (χ2v) is 8.33. The van der Waals surface area contributed by atoms with Gasteiger partial charge in [-0.3, -0.25) is 19.6 Å². The summed E-state index contributed by atoms with van der Waals surface area (Å²) in [6.07, 6.45) is 4.64. The van der Waals surface area contributed by atoms with Crippen LogP contribution in [0.3, 0.4) is 0 Å². The number of hydrogen-bond donors (Lipinski definition) is 2. The van der Waals surface area contributed by atoms with Crippen LogP contribution in [0.15, 0.2) is 77.8 Å². The van der Waals surface area contributed by atoms with Crippen molar-refractivity contribution < 1.29 is 23.5 Å². The largest absolute Gasteiger partial charge is 0.491 e. The van der Waals surface area contributed by atoms with Gasteiger partial charge in [0.25, 0.3) is 5.91 Å². The molecule has 0 spiro atoms. The number of fused-ring (bicyclic) bond motifs is 3. The SMILES string of the molecule is COc1c(OCC(=O)NCc2ccc(F)cc2)ccc2c1NC(=CC(=O)c1cccnc1)N1CCN=C21. The molecule has 2 aliphatic heterocycles. The zero-order valence-corrected chi connectivity index (χ0v) is 20.0. The molecule has 9 nitrogen and oxygen atoms in total. The van der Waals surface area contributed by atoms with Gasteiger partial charge in [-0.2, -0.15) is 0 Å². The summed E-state index contributed by atoms with van der Waals surface area (Å²) in [5, 5.41) is 6.04. The molecule has 0 aliphatic carbocycles. The molecule has 0 fully saturated rings. The second-order valence-electron chi connectivity index (χ2n) is 8.33. The van der Waals surface area contributed by atoms with Crippen LogP contribution >= 0.6 is 0 Å². The smallest absolute Gasteiger partial charge is 0.258 e. The lowest BCUT2D eigenvalue weighted by Crippen LogP contribution is -2.36. The summed E-state index contributed by atoms with van der Waals surface area (Å²) in [5.74, 6) is 1.15. The lowest BCUT2D eigenvalue weighted by atomic mass is 10.1. The van der Waals surface area contributed by atoms with Crippen LogP contribution in [0.2, 0.25) is 0 Å². The van der Waals surface area contributed by atoms with Gasteiger partial charge in [0, 0.05) is 42.7 Å². The zero-order valence-electron chi connectivity index (χ0n) is 20.0. The van der Waals surface area contributed by atoms with Crippen LogP contribution in [0, 0.1) is 5.82 Å². The van der Waals surface area contributed by atoms with Crippen molar-refractivity contribution >= 4 is 23.2 Å². The van der Waals surface area contributed by atoms with Crippen LogP contribution in [-0.4, -0.2) is 54.2 Å². The van der Waals surface area contributed by atoms with E-state index in [1.807, 2.05) is 11.0 Å². The Morgan fingerprint density at radius 1 is 1.19 bits per heavy atom. The number of benzene rings is 2. The van der Waals surface area contributed by atoms with Gasteiger partial charge in [-0.1, -0.05) is 12.1 Å². The fraction of sp³-hybridized carbons (Fsp3) is 0.185. The standard InChI is InChI=1S/C27H24FN5O4/c1-36-26-22(37-16-24(35)31-14-17-4-6-19(28)7-5-17)9-8-20-25(26)32-23(33-12-11-30-27(20)33)13-21(34)18-3-2-10-29-15-18/h2-10,13,15,32H,11-12,14,16H2,1H3,(H,31,35). The Morgan fingerprint density at radius 3 is 2.78 bits per heavy atom. The molecule has 5 rings (SSSR count). The van der Waals surface area contributed by atoms with Gasteiger partial charge in [0.1, 0.15) is 17.5 Å². The number of amides is 1. The lowest BCUT2D eigenvalue weighted by Gasteiger charge is -2.32. The summed E-state index contributed by atoms with van der Waals surface area (Å²) >= 11 is 0. The van der Waals surface area contributed by atoms with E-state index in [1.54, 1.807) is 36.5 Å². The molecular weight excluding hydrogens is 477 g/mol. The van der Waals surface area contributed by atoms with E-state index in [1.165, 1.54) is 31.5 Å². The number of carbonyl (C=O) groups excluding carboxylic acids is 2. The van der Waals surface area contributed by atoms with Gasteiger partial charge >= 0.3 is 0 Å². The van der Waals surface area contributed by atoms with E-state index in [2.05, 4.69) is 20.6 Å². The van der Waals surface area contributed by atoms with Crippen LogP contribution in [-0.2, 0) is 11.3 Å². The zero-order chi connectivity index (χ0) is 25.8. The second kappa shape index (κ2) is 10.5. The normalized spacial score (nSPS) is 14.8. The number of aromatic nitrogens is 1. The van der Waals surface area contributed by atoms with Crippen molar-refractivity contribution in [3.8, 4) is 11.5 Å². The van der Waals surface area contributed by atoms with E-state index < -0.39 is 0 Å². The van der Waals surface area contributed by atoms with Gasteiger partial charge in [0.15, 0.2) is 23.9 Å². The number of pyridine rings is 1. The summed E-state index contributed by atoms with van der Waals surface area (Å²) in [4.78, 5) is 35.8. The van der Waals surface area contributed by atoms with Crippen molar-refractivity contribution in [1.82, 2.24) is 15.2 Å². The van der Waals surface area contributed by atoms with Crippen molar-refractivity contribution in [3.63, 3.8) is 0 Å². The van der Waals surface area contributed by atoms with Crippen LogP contribution in [0.1, 0.15) is 21.5 Å². The number of nitrogens with one attached hydrogen (secondary N) is 2. The van der Waals surface area contributed by atoms with E-state index >= 15 is 0 Å². The number of hydrogen-bond acceptors (Lipinski definition) is 8. The minimum atomic E-state index is -0.342. The highest BCUT2D eigenvalue weighted by Gasteiger charge is 2.33. The fourth-order valence-corrected chi connectivity index (χ4v) is 4.13. The Kier molecular flexibility index (Phi) is 6.80. The number of ketones is 1. The van der Waals surface area contributed by atoms with E-state index in [-0.39, 0.29) is 30.7 Å². The first kappa shape index (κ1) is 24.0. The van der Waals surface area contributed by atoms with Gasteiger partial charge in [0.2, 0.25) is 0 Å². The maximum atomic E-state index is 13.1.